The molecule has 2 amide bonds. The lowest BCUT2D eigenvalue weighted by molar-refractivity contribution is 0.134. The van der Waals surface area contributed by atoms with Gasteiger partial charge in [0.25, 0.3) is 0 Å². The van der Waals surface area contributed by atoms with E-state index in [1.54, 1.807) is 35.6 Å². The van der Waals surface area contributed by atoms with Gasteiger partial charge in [0.05, 0.1) is 18.3 Å². The first kappa shape index (κ1) is 17.2. The first-order valence-corrected chi connectivity index (χ1v) is 7.71. The Balaban J connectivity index is 2.19. The molecule has 6 nitrogen and oxygen atoms in total. The lowest BCUT2D eigenvalue weighted by Crippen LogP contribution is -2.44. The van der Waals surface area contributed by atoms with E-state index < -0.39 is 0 Å². The van der Waals surface area contributed by atoms with Crippen LogP contribution in [0.15, 0.2) is 42.9 Å². The highest BCUT2D eigenvalue weighted by molar-refractivity contribution is 6.32. The van der Waals surface area contributed by atoms with Crippen LogP contribution in [-0.2, 0) is 6.54 Å². The summed E-state index contributed by atoms with van der Waals surface area (Å²) in [4.78, 5) is 22.2. The van der Waals surface area contributed by atoms with Crippen molar-refractivity contribution >= 4 is 23.3 Å². The fourth-order valence-corrected chi connectivity index (χ4v) is 2.34. The molecule has 1 atom stereocenters. The summed E-state index contributed by atoms with van der Waals surface area (Å²) in [6, 6.07) is 6.42. The second-order valence-corrected chi connectivity index (χ2v) is 5.36. The lowest BCUT2D eigenvalue weighted by Gasteiger charge is -2.30. The lowest BCUT2D eigenvalue weighted by atomic mass is 10.2. The van der Waals surface area contributed by atoms with E-state index in [9.17, 15) is 9.90 Å². The van der Waals surface area contributed by atoms with Gasteiger partial charge < -0.3 is 15.3 Å². The van der Waals surface area contributed by atoms with Gasteiger partial charge in [-0.05, 0) is 30.2 Å². The number of amides is 2. The molecule has 0 aliphatic heterocycles. The van der Waals surface area contributed by atoms with Crippen LogP contribution < -0.4 is 5.32 Å². The Bertz CT molecular complexity index is 635. The van der Waals surface area contributed by atoms with Crippen molar-refractivity contribution in [2.45, 2.75) is 25.9 Å². The zero-order valence-corrected chi connectivity index (χ0v) is 13.6. The molecular weight excluding hydrogens is 316 g/mol. The average molecular weight is 335 g/mol. The zero-order chi connectivity index (χ0) is 16.7. The molecule has 2 aromatic heterocycles. The summed E-state index contributed by atoms with van der Waals surface area (Å²) < 4.78 is 0. The molecule has 0 aromatic carbocycles. The van der Waals surface area contributed by atoms with Gasteiger partial charge >= 0.3 is 6.03 Å². The molecule has 0 unspecified atom stereocenters. The van der Waals surface area contributed by atoms with E-state index in [1.165, 1.54) is 0 Å². The second-order valence-electron chi connectivity index (χ2n) is 5.01. The number of halogens is 1. The SMILES string of the molecule is CC[C@H](CO)N(Cc1cccnc1)C(=O)Nc1cccnc1Cl. The number of nitrogens with zero attached hydrogens (tertiary/aromatic N) is 3. The van der Waals surface area contributed by atoms with E-state index in [4.69, 9.17) is 11.6 Å². The number of anilines is 1. The molecule has 23 heavy (non-hydrogen) atoms. The van der Waals surface area contributed by atoms with E-state index in [0.29, 0.717) is 18.7 Å². The molecule has 2 heterocycles. The van der Waals surface area contributed by atoms with E-state index in [2.05, 4.69) is 15.3 Å². The topological polar surface area (TPSA) is 78.3 Å². The van der Waals surface area contributed by atoms with E-state index >= 15 is 0 Å². The van der Waals surface area contributed by atoms with Crippen molar-refractivity contribution in [3.63, 3.8) is 0 Å². The summed E-state index contributed by atoms with van der Waals surface area (Å²) in [7, 11) is 0. The average Bonchev–Trinajstić information content (AvgIpc) is 2.58. The summed E-state index contributed by atoms with van der Waals surface area (Å²) in [5.74, 6) is 0. The highest BCUT2D eigenvalue weighted by Crippen LogP contribution is 2.19. The van der Waals surface area contributed by atoms with Gasteiger partial charge in [-0.1, -0.05) is 24.6 Å². The highest BCUT2D eigenvalue weighted by atomic mass is 35.5. The smallest absolute Gasteiger partial charge is 0.322 e. The standard InChI is InChI=1S/C16H19ClN4O2/c1-2-13(11-22)21(10-12-5-3-7-18-9-12)16(23)20-14-6-4-8-19-15(14)17/h3-9,13,22H,2,10-11H2,1H3,(H,20,23)/t13-/m1/s1. The number of aromatic nitrogens is 2. The van der Waals surface area contributed by atoms with Gasteiger partial charge in [-0.2, -0.15) is 0 Å². The number of nitrogens with one attached hydrogen (secondary N) is 1. The van der Waals surface area contributed by atoms with Crippen LogP contribution in [0.4, 0.5) is 10.5 Å². The Hall–Kier alpha value is -2.18. The number of aliphatic hydroxyl groups is 1. The minimum absolute atomic E-state index is 0.120. The molecule has 7 heteroatoms. The molecule has 2 rings (SSSR count). The fraction of sp³-hybridized carbons (Fsp3) is 0.312. The van der Waals surface area contributed by atoms with Crippen molar-refractivity contribution in [1.29, 1.82) is 0 Å². The molecule has 0 fully saturated rings. The van der Waals surface area contributed by atoms with Crippen molar-refractivity contribution in [2.75, 3.05) is 11.9 Å². The fourth-order valence-electron chi connectivity index (χ4n) is 2.17. The molecule has 0 spiro atoms. The molecule has 2 N–H and O–H groups in total. The van der Waals surface area contributed by atoms with Gasteiger partial charge in [0.2, 0.25) is 0 Å². The molecule has 0 aliphatic carbocycles. The van der Waals surface area contributed by atoms with Gasteiger partial charge in [-0.3, -0.25) is 4.98 Å². The van der Waals surface area contributed by atoms with E-state index in [1.807, 2.05) is 19.1 Å². The summed E-state index contributed by atoms with van der Waals surface area (Å²) in [6.45, 7) is 2.14. The number of rotatable bonds is 6. The van der Waals surface area contributed by atoms with Crippen molar-refractivity contribution in [3.8, 4) is 0 Å². The molecule has 0 saturated heterocycles. The van der Waals surface area contributed by atoms with Crippen LogP contribution in [0.5, 0.6) is 0 Å². The Kier molecular flexibility index (Phi) is 6.31. The van der Waals surface area contributed by atoms with Gasteiger partial charge in [-0.25, -0.2) is 9.78 Å². The predicted octanol–water partition coefficient (Wildman–Crippen LogP) is 2.94. The van der Waals surface area contributed by atoms with Crippen LogP contribution in [0, 0.1) is 0 Å². The van der Waals surface area contributed by atoms with E-state index in [-0.39, 0.29) is 23.8 Å². The Morgan fingerprint density at radius 3 is 2.78 bits per heavy atom. The summed E-state index contributed by atoms with van der Waals surface area (Å²) in [5, 5.41) is 12.5. The minimum atomic E-state index is -0.343. The van der Waals surface area contributed by atoms with Crippen LogP contribution in [0.25, 0.3) is 0 Å². The number of hydrogen-bond acceptors (Lipinski definition) is 4. The molecule has 0 bridgehead atoms. The van der Waals surface area contributed by atoms with Gasteiger partial charge in [0, 0.05) is 25.1 Å². The summed E-state index contributed by atoms with van der Waals surface area (Å²) >= 11 is 5.98. The molecule has 0 aliphatic rings. The maximum Gasteiger partial charge on any atom is 0.322 e. The van der Waals surface area contributed by atoms with Crippen molar-refractivity contribution in [3.05, 3.63) is 53.6 Å². The Labute approximate surface area is 140 Å². The van der Waals surface area contributed by atoms with Gasteiger partial charge in [-0.15, -0.1) is 0 Å². The first-order valence-electron chi connectivity index (χ1n) is 7.33. The third kappa shape index (κ3) is 4.64. The van der Waals surface area contributed by atoms with Crippen LogP contribution in [0.2, 0.25) is 5.15 Å². The third-order valence-corrected chi connectivity index (χ3v) is 3.76. The maximum atomic E-state index is 12.6. The zero-order valence-electron chi connectivity index (χ0n) is 12.8. The predicted molar refractivity (Wildman–Crippen MR) is 89.2 cm³/mol. The molecular formula is C16H19ClN4O2. The highest BCUT2D eigenvalue weighted by Gasteiger charge is 2.23. The van der Waals surface area contributed by atoms with Crippen LogP contribution in [0.1, 0.15) is 18.9 Å². The summed E-state index contributed by atoms with van der Waals surface area (Å²) in [5.41, 5.74) is 1.31. The molecule has 0 radical (unpaired) electrons. The minimum Gasteiger partial charge on any atom is -0.394 e. The van der Waals surface area contributed by atoms with Crippen LogP contribution in [0.3, 0.4) is 0 Å². The Morgan fingerprint density at radius 2 is 2.17 bits per heavy atom. The maximum absolute atomic E-state index is 12.6. The number of carbonyl (C=O) groups is 1. The van der Waals surface area contributed by atoms with Gasteiger partial charge in [0.1, 0.15) is 0 Å². The number of aliphatic hydroxyl groups excluding tert-OH is 1. The van der Waals surface area contributed by atoms with Crippen LogP contribution in [-0.4, -0.2) is 38.7 Å². The van der Waals surface area contributed by atoms with Crippen molar-refractivity contribution in [2.24, 2.45) is 0 Å². The van der Waals surface area contributed by atoms with Crippen molar-refractivity contribution in [1.82, 2.24) is 14.9 Å². The van der Waals surface area contributed by atoms with Crippen LogP contribution >= 0.6 is 11.6 Å². The monoisotopic (exact) mass is 334 g/mol. The van der Waals surface area contributed by atoms with E-state index in [0.717, 1.165) is 5.56 Å². The second kappa shape index (κ2) is 8.45. The quantitative estimate of drug-likeness (QED) is 0.796. The first-order chi connectivity index (χ1) is 11.2. The number of pyridine rings is 2. The summed E-state index contributed by atoms with van der Waals surface area (Å²) in [6.07, 6.45) is 5.55. The normalized spacial score (nSPS) is 11.8. The number of carbonyl (C=O) groups excluding carboxylic acids is 1. The molecule has 0 saturated carbocycles. The largest absolute Gasteiger partial charge is 0.394 e. The van der Waals surface area contributed by atoms with Gasteiger partial charge in [0.15, 0.2) is 5.15 Å². The Morgan fingerprint density at radius 1 is 1.39 bits per heavy atom. The number of hydrogen-bond donors (Lipinski definition) is 2. The molecule has 2 aromatic rings. The molecule has 122 valence electrons. The van der Waals surface area contributed by atoms with Crippen molar-refractivity contribution < 1.29 is 9.90 Å². The third-order valence-electron chi connectivity index (χ3n) is 3.46. The number of urea groups is 1.